The van der Waals surface area contributed by atoms with Gasteiger partial charge in [0.1, 0.15) is 17.1 Å². The van der Waals surface area contributed by atoms with Crippen LogP contribution >= 0.6 is 24.0 Å². The van der Waals surface area contributed by atoms with Crippen LogP contribution in [0.15, 0.2) is 21.5 Å². The number of aliphatic hydroxyl groups is 1. The average molecular weight is 493 g/mol. The summed E-state index contributed by atoms with van der Waals surface area (Å²) < 4.78 is 11.5. The number of hydrogen-bond donors (Lipinski definition) is 3. The normalized spacial score (nSPS) is 18.3. The highest BCUT2D eigenvalue weighted by Crippen LogP contribution is 2.23. The molecule has 0 aromatic carbocycles. The third kappa shape index (κ3) is 8.83. The molecule has 1 aromatic heterocycles. The molecule has 0 radical (unpaired) electrons. The lowest BCUT2D eigenvalue weighted by Gasteiger charge is -2.20. The first-order valence-electron chi connectivity index (χ1n) is 9.94. The number of aryl methyl sites for hydroxylation is 1. The third-order valence-corrected chi connectivity index (χ3v) is 4.71. The van der Waals surface area contributed by atoms with Crippen molar-refractivity contribution in [2.45, 2.75) is 71.0 Å². The van der Waals surface area contributed by atoms with E-state index in [4.69, 9.17) is 9.15 Å². The Morgan fingerprint density at radius 2 is 1.96 bits per heavy atom. The van der Waals surface area contributed by atoms with E-state index >= 15 is 0 Å². The standard InChI is InChI=1S/C20H35N3O3.HI/c1-4-21-19(22-13-14-25-17-9-7-5-6-8-10-17)23-15-20(3,24)18-12-11-16(2)26-18;/h11-12,17,24H,4-10,13-15H2,1-3H3,(H2,21,22,23);1H. The monoisotopic (exact) mass is 493 g/mol. The van der Waals surface area contributed by atoms with E-state index in [0.717, 1.165) is 12.3 Å². The first-order valence-corrected chi connectivity index (χ1v) is 9.94. The van der Waals surface area contributed by atoms with Crippen LogP contribution in [0.25, 0.3) is 0 Å². The summed E-state index contributed by atoms with van der Waals surface area (Å²) in [4.78, 5) is 4.50. The number of aliphatic imine (C=N–C) groups is 1. The van der Waals surface area contributed by atoms with Gasteiger partial charge in [-0.1, -0.05) is 25.7 Å². The molecule has 2 rings (SSSR count). The van der Waals surface area contributed by atoms with Crippen LogP contribution in [0.4, 0.5) is 0 Å². The maximum Gasteiger partial charge on any atom is 0.191 e. The molecule has 0 saturated heterocycles. The lowest BCUT2D eigenvalue weighted by molar-refractivity contribution is 0.0425. The summed E-state index contributed by atoms with van der Waals surface area (Å²) >= 11 is 0. The fourth-order valence-corrected chi connectivity index (χ4v) is 3.18. The first-order chi connectivity index (χ1) is 12.5. The lowest BCUT2D eigenvalue weighted by atomic mass is 10.0. The maximum absolute atomic E-state index is 10.6. The van der Waals surface area contributed by atoms with Gasteiger partial charge in [-0.2, -0.15) is 0 Å². The van der Waals surface area contributed by atoms with Crippen LogP contribution in [0.5, 0.6) is 0 Å². The molecule has 1 unspecified atom stereocenters. The van der Waals surface area contributed by atoms with E-state index < -0.39 is 5.60 Å². The Balaban J connectivity index is 0.00000364. The summed E-state index contributed by atoms with van der Waals surface area (Å²) in [6.45, 7) is 7.95. The van der Waals surface area contributed by atoms with Crippen LogP contribution in [-0.2, 0) is 10.3 Å². The highest BCUT2D eigenvalue weighted by atomic mass is 127. The smallest absolute Gasteiger partial charge is 0.191 e. The predicted molar refractivity (Wildman–Crippen MR) is 120 cm³/mol. The van der Waals surface area contributed by atoms with Crippen molar-refractivity contribution in [1.82, 2.24) is 10.6 Å². The number of furan rings is 1. The second-order valence-corrected chi connectivity index (χ2v) is 7.29. The lowest BCUT2D eigenvalue weighted by Crippen LogP contribution is -2.40. The molecule has 0 amide bonds. The van der Waals surface area contributed by atoms with E-state index in [1.54, 1.807) is 13.0 Å². The molecular weight excluding hydrogens is 457 g/mol. The molecule has 1 heterocycles. The van der Waals surface area contributed by atoms with E-state index in [2.05, 4.69) is 15.6 Å². The van der Waals surface area contributed by atoms with Crippen molar-refractivity contribution in [3.63, 3.8) is 0 Å². The van der Waals surface area contributed by atoms with Gasteiger partial charge in [0.15, 0.2) is 5.96 Å². The molecule has 156 valence electrons. The average Bonchev–Trinajstić information content (AvgIpc) is 2.90. The molecule has 0 bridgehead atoms. The molecule has 3 N–H and O–H groups in total. The maximum atomic E-state index is 10.6. The number of nitrogens with one attached hydrogen (secondary N) is 2. The van der Waals surface area contributed by atoms with Gasteiger partial charge in [0.25, 0.3) is 0 Å². The largest absolute Gasteiger partial charge is 0.463 e. The van der Waals surface area contributed by atoms with Crippen molar-refractivity contribution in [1.29, 1.82) is 0 Å². The van der Waals surface area contributed by atoms with Gasteiger partial charge in [-0.3, -0.25) is 0 Å². The summed E-state index contributed by atoms with van der Waals surface area (Å²) in [6.07, 6.45) is 8.00. The van der Waals surface area contributed by atoms with E-state index in [1.165, 1.54) is 38.5 Å². The number of nitrogens with zero attached hydrogens (tertiary/aromatic N) is 1. The van der Waals surface area contributed by atoms with Crippen LogP contribution in [0, 0.1) is 6.92 Å². The minimum atomic E-state index is -1.13. The second-order valence-electron chi connectivity index (χ2n) is 7.29. The van der Waals surface area contributed by atoms with Crippen LogP contribution in [0.3, 0.4) is 0 Å². The van der Waals surface area contributed by atoms with Crippen molar-refractivity contribution in [3.8, 4) is 0 Å². The van der Waals surface area contributed by atoms with Gasteiger partial charge in [0.2, 0.25) is 0 Å². The number of halogens is 1. The Morgan fingerprint density at radius 1 is 1.26 bits per heavy atom. The zero-order valence-electron chi connectivity index (χ0n) is 16.9. The summed E-state index contributed by atoms with van der Waals surface area (Å²) in [5, 5.41) is 17.1. The molecule has 6 nitrogen and oxygen atoms in total. The van der Waals surface area contributed by atoms with Crippen molar-refractivity contribution in [2.24, 2.45) is 4.99 Å². The zero-order valence-corrected chi connectivity index (χ0v) is 19.3. The first kappa shape index (κ1) is 24.2. The van der Waals surface area contributed by atoms with Crippen LogP contribution < -0.4 is 10.6 Å². The van der Waals surface area contributed by atoms with Crippen LogP contribution in [0.2, 0.25) is 0 Å². The van der Waals surface area contributed by atoms with Gasteiger partial charge < -0.3 is 24.9 Å². The molecule has 1 fully saturated rings. The molecule has 27 heavy (non-hydrogen) atoms. The number of rotatable bonds is 8. The van der Waals surface area contributed by atoms with Gasteiger partial charge >= 0.3 is 0 Å². The quantitative estimate of drug-likeness (QED) is 0.169. The Morgan fingerprint density at radius 3 is 2.56 bits per heavy atom. The Labute approximate surface area is 180 Å². The minimum Gasteiger partial charge on any atom is -0.463 e. The zero-order chi connectivity index (χ0) is 18.8. The van der Waals surface area contributed by atoms with Crippen molar-refractivity contribution < 1.29 is 14.3 Å². The number of ether oxygens (including phenoxy) is 1. The van der Waals surface area contributed by atoms with Gasteiger partial charge in [-0.05, 0) is 45.7 Å². The van der Waals surface area contributed by atoms with Crippen LogP contribution in [-0.4, -0.2) is 43.4 Å². The van der Waals surface area contributed by atoms with Gasteiger partial charge in [0.05, 0.1) is 19.3 Å². The van der Waals surface area contributed by atoms with E-state index in [-0.39, 0.29) is 30.5 Å². The van der Waals surface area contributed by atoms with Crippen molar-refractivity contribution in [2.75, 3.05) is 26.2 Å². The fourth-order valence-electron chi connectivity index (χ4n) is 3.18. The highest BCUT2D eigenvalue weighted by Gasteiger charge is 2.26. The summed E-state index contributed by atoms with van der Waals surface area (Å²) in [6, 6.07) is 3.65. The number of guanidine groups is 1. The Kier molecular flexibility index (Phi) is 11.3. The molecule has 0 aliphatic heterocycles. The van der Waals surface area contributed by atoms with Crippen molar-refractivity contribution >= 4 is 29.9 Å². The summed E-state index contributed by atoms with van der Waals surface area (Å²) in [5.41, 5.74) is -1.13. The summed E-state index contributed by atoms with van der Waals surface area (Å²) in [5.74, 6) is 2.00. The molecule has 1 aliphatic carbocycles. The van der Waals surface area contributed by atoms with E-state index in [1.807, 2.05) is 19.9 Å². The fraction of sp³-hybridized carbons (Fsp3) is 0.750. The molecular formula is C20H36IN3O3. The molecule has 1 aromatic rings. The molecule has 1 saturated carbocycles. The second kappa shape index (κ2) is 12.6. The predicted octanol–water partition coefficient (Wildman–Crippen LogP) is 3.71. The molecule has 1 atom stereocenters. The number of hydrogen-bond acceptors (Lipinski definition) is 4. The highest BCUT2D eigenvalue weighted by molar-refractivity contribution is 14.0. The van der Waals surface area contributed by atoms with Crippen LogP contribution in [0.1, 0.15) is 63.9 Å². The van der Waals surface area contributed by atoms with Gasteiger partial charge in [-0.25, -0.2) is 4.99 Å². The van der Waals surface area contributed by atoms with Gasteiger partial charge in [0, 0.05) is 13.1 Å². The Bertz CT molecular complexity index is 552. The Hall–Kier alpha value is -0.800. The molecule has 1 aliphatic rings. The minimum absolute atomic E-state index is 0. The van der Waals surface area contributed by atoms with Gasteiger partial charge in [-0.15, -0.1) is 24.0 Å². The van der Waals surface area contributed by atoms with E-state index in [0.29, 0.717) is 31.0 Å². The summed E-state index contributed by atoms with van der Waals surface area (Å²) in [7, 11) is 0. The SMILES string of the molecule is CCNC(=NCC(C)(O)c1ccc(C)o1)NCCOC1CCCCCC1.I. The van der Waals surface area contributed by atoms with E-state index in [9.17, 15) is 5.11 Å². The van der Waals surface area contributed by atoms with Crippen molar-refractivity contribution in [3.05, 3.63) is 23.7 Å². The topological polar surface area (TPSA) is 79.0 Å². The third-order valence-electron chi connectivity index (χ3n) is 4.71. The molecule has 7 heteroatoms. The molecule has 0 spiro atoms.